The third-order valence-corrected chi connectivity index (χ3v) is 2.59. The van der Waals surface area contributed by atoms with Gasteiger partial charge in [0.15, 0.2) is 0 Å². The fourth-order valence-corrected chi connectivity index (χ4v) is 1.53. The zero-order valence-electron chi connectivity index (χ0n) is 9.73. The van der Waals surface area contributed by atoms with Gasteiger partial charge in [0.2, 0.25) is 5.91 Å². The van der Waals surface area contributed by atoms with Crippen LogP contribution in [0.5, 0.6) is 0 Å². The molecule has 3 amide bonds. The number of urea groups is 1. The summed E-state index contributed by atoms with van der Waals surface area (Å²) in [6.07, 6.45) is 1.33. The van der Waals surface area contributed by atoms with Crippen LogP contribution in [0.3, 0.4) is 0 Å². The van der Waals surface area contributed by atoms with E-state index in [4.69, 9.17) is 5.11 Å². The maximum absolute atomic E-state index is 11.6. The molecule has 3 N–H and O–H groups in total. The fourth-order valence-electron chi connectivity index (χ4n) is 1.53. The number of amides is 3. The number of carbonyl (C=O) groups is 3. The van der Waals surface area contributed by atoms with Crippen molar-refractivity contribution in [3.8, 4) is 0 Å². The predicted octanol–water partition coefficient (Wildman–Crippen LogP) is -0.619. The minimum Gasteiger partial charge on any atom is -0.481 e. The lowest BCUT2D eigenvalue weighted by Crippen LogP contribution is -2.53. The second-order valence-electron chi connectivity index (χ2n) is 4.00. The molecule has 7 nitrogen and oxygen atoms in total. The van der Waals surface area contributed by atoms with Gasteiger partial charge in [-0.1, -0.05) is 0 Å². The van der Waals surface area contributed by atoms with Crippen molar-refractivity contribution in [2.24, 2.45) is 0 Å². The number of nitrogens with zero attached hydrogens (tertiary/aromatic N) is 1. The normalized spacial score (nSPS) is 19.4. The van der Waals surface area contributed by atoms with Crippen LogP contribution in [0.2, 0.25) is 0 Å². The van der Waals surface area contributed by atoms with Gasteiger partial charge in [-0.2, -0.15) is 0 Å². The molecule has 0 aromatic heterocycles. The van der Waals surface area contributed by atoms with Gasteiger partial charge in [0.05, 0.1) is 6.42 Å². The van der Waals surface area contributed by atoms with Crippen molar-refractivity contribution in [1.29, 1.82) is 0 Å². The first kappa shape index (κ1) is 13.3. The van der Waals surface area contributed by atoms with Crippen molar-refractivity contribution in [2.75, 3.05) is 20.1 Å². The van der Waals surface area contributed by atoms with Gasteiger partial charge >= 0.3 is 12.0 Å². The number of carboxylic acids is 1. The summed E-state index contributed by atoms with van der Waals surface area (Å²) in [7, 11) is 1.50. The summed E-state index contributed by atoms with van der Waals surface area (Å²) in [6, 6.07) is -0.933. The van der Waals surface area contributed by atoms with Crippen LogP contribution in [-0.4, -0.2) is 54.1 Å². The zero-order valence-corrected chi connectivity index (χ0v) is 9.73. The number of nitrogens with one attached hydrogen (secondary N) is 2. The molecule has 1 heterocycles. The van der Waals surface area contributed by atoms with E-state index < -0.39 is 18.0 Å². The lowest BCUT2D eigenvalue weighted by molar-refractivity contribution is -0.137. The molecule has 1 fully saturated rings. The van der Waals surface area contributed by atoms with Gasteiger partial charge < -0.3 is 20.6 Å². The molecule has 0 spiro atoms. The number of carbonyl (C=O) groups excluding carboxylic acids is 2. The van der Waals surface area contributed by atoms with Crippen LogP contribution in [0.4, 0.5) is 4.79 Å². The van der Waals surface area contributed by atoms with Crippen molar-refractivity contribution >= 4 is 17.9 Å². The minimum absolute atomic E-state index is 0.110. The summed E-state index contributed by atoms with van der Waals surface area (Å²) < 4.78 is 0. The van der Waals surface area contributed by atoms with Crippen LogP contribution in [0.25, 0.3) is 0 Å². The van der Waals surface area contributed by atoms with E-state index in [1.807, 2.05) is 0 Å². The van der Waals surface area contributed by atoms with Gasteiger partial charge in [-0.15, -0.1) is 0 Å². The average molecular weight is 243 g/mol. The molecule has 0 aromatic rings. The number of carboxylic acid groups (broad SMARTS) is 1. The molecule has 1 aliphatic heterocycles. The molecule has 1 atom stereocenters. The molecule has 0 saturated carbocycles. The number of piperidine rings is 1. The van der Waals surface area contributed by atoms with Crippen molar-refractivity contribution in [3.63, 3.8) is 0 Å². The third kappa shape index (κ3) is 4.29. The molecule has 1 rings (SSSR count). The Morgan fingerprint density at radius 2 is 2.29 bits per heavy atom. The number of aliphatic carboxylic acids is 1. The summed E-state index contributed by atoms with van der Waals surface area (Å²) in [5, 5.41) is 13.7. The molecule has 1 aliphatic rings. The molecule has 0 bridgehead atoms. The average Bonchev–Trinajstić information content (AvgIpc) is 2.28. The van der Waals surface area contributed by atoms with Gasteiger partial charge in [-0.05, 0) is 12.8 Å². The summed E-state index contributed by atoms with van der Waals surface area (Å²) in [5.41, 5.74) is 0. The molecule has 0 radical (unpaired) electrons. The molecule has 0 aliphatic carbocycles. The first-order chi connectivity index (χ1) is 8.00. The lowest BCUT2D eigenvalue weighted by Gasteiger charge is -2.25. The fraction of sp³-hybridized carbons (Fsp3) is 0.700. The topological polar surface area (TPSA) is 98.7 Å². The monoisotopic (exact) mass is 243 g/mol. The Kier molecular flexibility index (Phi) is 4.74. The third-order valence-electron chi connectivity index (χ3n) is 2.59. The van der Waals surface area contributed by atoms with Crippen molar-refractivity contribution < 1.29 is 19.5 Å². The maximum Gasteiger partial charge on any atom is 0.317 e. The van der Waals surface area contributed by atoms with E-state index in [9.17, 15) is 14.4 Å². The molecular formula is C10H17N3O4. The Hall–Kier alpha value is -1.79. The summed E-state index contributed by atoms with van der Waals surface area (Å²) in [6.45, 7) is 0.759. The molecule has 1 saturated heterocycles. The van der Waals surface area contributed by atoms with Crippen molar-refractivity contribution in [1.82, 2.24) is 15.5 Å². The lowest BCUT2D eigenvalue weighted by atomic mass is 10.1. The van der Waals surface area contributed by atoms with Crippen LogP contribution in [-0.2, 0) is 9.59 Å². The second-order valence-corrected chi connectivity index (χ2v) is 4.00. The summed E-state index contributed by atoms with van der Waals surface area (Å²) in [4.78, 5) is 34.6. The Balaban J connectivity index is 2.36. The van der Waals surface area contributed by atoms with Crippen LogP contribution in [0, 0.1) is 0 Å². The summed E-state index contributed by atoms with van der Waals surface area (Å²) in [5.74, 6) is -1.14. The van der Waals surface area contributed by atoms with Crippen molar-refractivity contribution in [2.45, 2.75) is 25.3 Å². The van der Waals surface area contributed by atoms with Gasteiger partial charge in [0.1, 0.15) is 6.04 Å². The molecule has 17 heavy (non-hydrogen) atoms. The van der Waals surface area contributed by atoms with Gasteiger partial charge in [-0.3, -0.25) is 9.59 Å². The standard InChI is InChI=1S/C10H17N3O4/c1-13(6-4-8(14)15)10(17)12-7-3-2-5-11-9(7)16/h7H,2-6H2,1H3,(H,11,16)(H,12,17)(H,14,15). The van der Waals surface area contributed by atoms with E-state index in [2.05, 4.69) is 10.6 Å². The Bertz CT molecular complexity index is 319. The number of hydrogen-bond acceptors (Lipinski definition) is 3. The van der Waals surface area contributed by atoms with Crippen LogP contribution < -0.4 is 10.6 Å². The molecule has 1 unspecified atom stereocenters. The van der Waals surface area contributed by atoms with Gasteiger partial charge in [0, 0.05) is 20.1 Å². The maximum atomic E-state index is 11.6. The highest BCUT2D eigenvalue weighted by atomic mass is 16.4. The van der Waals surface area contributed by atoms with Crippen LogP contribution >= 0.6 is 0 Å². The quantitative estimate of drug-likeness (QED) is 0.613. The highest BCUT2D eigenvalue weighted by Gasteiger charge is 2.24. The smallest absolute Gasteiger partial charge is 0.317 e. The Labute approximate surface area is 99.2 Å². The van der Waals surface area contributed by atoms with E-state index in [1.54, 1.807) is 0 Å². The van der Waals surface area contributed by atoms with Crippen LogP contribution in [0.1, 0.15) is 19.3 Å². The Morgan fingerprint density at radius 3 is 2.88 bits per heavy atom. The highest BCUT2D eigenvalue weighted by molar-refractivity contribution is 5.87. The second kappa shape index (κ2) is 6.07. The van der Waals surface area contributed by atoms with Crippen LogP contribution in [0.15, 0.2) is 0 Å². The molecule has 7 heteroatoms. The van der Waals surface area contributed by atoms with E-state index in [-0.39, 0.29) is 18.9 Å². The minimum atomic E-state index is -0.958. The molecule has 0 aromatic carbocycles. The molecular weight excluding hydrogens is 226 g/mol. The van der Waals surface area contributed by atoms with E-state index >= 15 is 0 Å². The zero-order chi connectivity index (χ0) is 12.8. The predicted molar refractivity (Wildman–Crippen MR) is 59.4 cm³/mol. The number of rotatable bonds is 4. The van der Waals surface area contributed by atoms with Crippen molar-refractivity contribution in [3.05, 3.63) is 0 Å². The van der Waals surface area contributed by atoms with E-state index in [0.29, 0.717) is 13.0 Å². The molecule has 96 valence electrons. The largest absolute Gasteiger partial charge is 0.481 e. The first-order valence-corrected chi connectivity index (χ1v) is 5.52. The Morgan fingerprint density at radius 1 is 1.59 bits per heavy atom. The van der Waals surface area contributed by atoms with E-state index in [1.165, 1.54) is 11.9 Å². The summed E-state index contributed by atoms with van der Waals surface area (Å²) >= 11 is 0. The first-order valence-electron chi connectivity index (χ1n) is 5.52. The number of hydrogen-bond donors (Lipinski definition) is 3. The van der Waals surface area contributed by atoms with Gasteiger partial charge in [0.25, 0.3) is 0 Å². The van der Waals surface area contributed by atoms with Gasteiger partial charge in [-0.25, -0.2) is 4.79 Å². The van der Waals surface area contributed by atoms with E-state index in [0.717, 1.165) is 6.42 Å². The SMILES string of the molecule is CN(CCC(=O)O)C(=O)NC1CCCNC1=O. The highest BCUT2D eigenvalue weighted by Crippen LogP contribution is 2.03.